The number of ether oxygens (including phenoxy) is 1. The molecule has 180 valence electrons. The molecular weight excluding hydrogens is 466 g/mol. The smallest absolute Gasteiger partial charge is 0.254 e. The van der Waals surface area contributed by atoms with Gasteiger partial charge in [-0.3, -0.25) is 18.6 Å². The van der Waals surface area contributed by atoms with Gasteiger partial charge in [-0.2, -0.15) is 0 Å². The molecule has 0 radical (unpaired) electrons. The summed E-state index contributed by atoms with van der Waals surface area (Å²) in [5.41, 5.74) is 3.36. The van der Waals surface area contributed by atoms with Gasteiger partial charge in [-0.25, -0.2) is 9.97 Å². The lowest BCUT2D eigenvalue weighted by Gasteiger charge is -2.26. The summed E-state index contributed by atoms with van der Waals surface area (Å²) in [6.07, 6.45) is 7.73. The van der Waals surface area contributed by atoms with E-state index in [0.717, 1.165) is 10.9 Å². The second-order valence-corrected chi connectivity index (χ2v) is 9.72. The Bertz CT molecular complexity index is 1410. The van der Waals surface area contributed by atoms with Gasteiger partial charge in [0.05, 0.1) is 46.2 Å². The van der Waals surface area contributed by atoms with E-state index in [2.05, 4.69) is 15.0 Å². The number of hydrogen-bond acceptors (Lipinski definition) is 7. The van der Waals surface area contributed by atoms with Gasteiger partial charge >= 0.3 is 0 Å². The molecular formula is C25H25N5O4S. The van der Waals surface area contributed by atoms with Crippen molar-refractivity contribution in [3.05, 3.63) is 66.2 Å². The van der Waals surface area contributed by atoms with Crippen molar-refractivity contribution in [2.45, 2.75) is 17.9 Å². The van der Waals surface area contributed by atoms with Gasteiger partial charge in [0.1, 0.15) is 0 Å². The number of pyridine rings is 1. The summed E-state index contributed by atoms with van der Waals surface area (Å²) < 4.78 is 19.5. The third-order valence-corrected chi connectivity index (χ3v) is 6.98. The fraction of sp³-hybridized carbons (Fsp3) is 0.280. The van der Waals surface area contributed by atoms with E-state index in [-0.39, 0.29) is 5.91 Å². The first kappa shape index (κ1) is 23.3. The number of aromatic nitrogens is 4. The Morgan fingerprint density at radius 3 is 2.54 bits per heavy atom. The summed E-state index contributed by atoms with van der Waals surface area (Å²) in [5.74, 6) is 0.320. The van der Waals surface area contributed by atoms with Crippen LogP contribution in [0, 0.1) is 0 Å². The molecule has 0 aliphatic carbocycles. The van der Waals surface area contributed by atoms with Crippen molar-refractivity contribution >= 4 is 27.6 Å². The van der Waals surface area contributed by atoms with Crippen molar-refractivity contribution in [2.24, 2.45) is 0 Å². The highest BCUT2D eigenvalue weighted by Gasteiger charge is 2.21. The maximum atomic E-state index is 13.1. The molecule has 1 aliphatic rings. The summed E-state index contributed by atoms with van der Waals surface area (Å²) in [6.45, 7) is 3.86. The molecule has 9 nitrogen and oxygen atoms in total. The van der Waals surface area contributed by atoms with Gasteiger partial charge in [0, 0.05) is 60.6 Å². The molecule has 0 bridgehead atoms. The number of carbonyl (C=O) groups is 1. The highest BCUT2D eigenvalue weighted by atomic mass is 32.2. The topological polar surface area (TPSA) is 110 Å². The lowest BCUT2D eigenvalue weighted by atomic mass is 10.1. The zero-order valence-corrected chi connectivity index (χ0v) is 20.2. The fourth-order valence-electron chi connectivity index (χ4n) is 4.11. The zero-order valence-electron chi connectivity index (χ0n) is 19.4. The number of nitrogens with zero attached hydrogens (tertiary/aromatic N) is 5. The molecule has 10 heteroatoms. The van der Waals surface area contributed by atoms with E-state index in [0.29, 0.717) is 59.5 Å². The van der Waals surface area contributed by atoms with E-state index in [1.165, 1.54) is 0 Å². The molecule has 1 N–H and O–H groups in total. The van der Waals surface area contributed by atoms with E-state index in [1.807, 2.05) is 6.07 Å². The fourth-order valence-corrected chi connectivity index (χ4v) is 4.85. The van der Waals surface area contributed by atoms with Crippen LogP contribution in [0.5, 0.6) is 0 Å². The molecule has 3 aromatic heterocycles. The number of carbonyl (C=O) groups excluding carboxylic acids is 1. The molecule has 5 rings (SSSR count). The summed E-state index contributed by atoms with van der Waals surface area (Å²) >= 11 is 0. The van der Waals surface area contributed by atoms with Crippen LogP contribution in [-0.4, -0.2) is 72.2 Å². The Kier molecular flexibility index (Phi) is 6.42. The maximum Gasteiger partial charge on any atom is 0.254 e. The number of aliphatic hydroxyl groups excluding tert-OH is 1. The minimum absolute atomic E-state index is 0.0672. The standard InChI is InChI=1S/C25H25N5O4S/c1-16(31)17-5-6-26-21(11-17)19-13-27-25(28-14-19)30-15-23(35(2)33)20-4-3-18(12-22(20)30)24(32)29-7-9-34-10-8-29/h3-6,11-16,31H,7-10H2,1-2H3. The monoisotopic (exact) mass is 491 g/mol. The van der Waals surface area contributed by atoms with Crippen LogP contribution in [0.1, 0.15) is 28.9 Å². The predicted molar refractivity (Wildman–Crippen MR) is 132 cm³/mol. The lowest BCUT2D eigenvalue weighted by Crippen LogP contribution is -2.40. The Morgan fingerprint density at radius 2 is 1.86 bits per heavy atom. The van der Waals surface area contributed by atoms with Gasteiger partial charge in [0.25, 0.3) is 5.91 Å². The Hall–Kier alpha value is -3.47. The van der Waals surface area contributed by atoms with Crippen molar-refractivity contribution in [1.29, 1.82) is 0 Å². The second kappa shape index (κ2) is 9.65. The van der Waals surface area contributed by atoms with Gasteiger partial charge < -0.3 is 14.7 Å². The van der Waals surface area contributed by atoms with Crippen molar-refractivity contribution < 1.29 is 18.8 Å². The summed E-state index contributed by atoms with van der Waals surface area (Å²) in [6, 6.07) is 8.96. The first-order chi connectivity index (χ1) is 16.9. The van der Waals surface area contributed by atoms with Crippen LogP contribution in [-0.2, 0) is 15.5 Å². The molecule has 1 amide bonds. The van der Waals surface area contributed by atoms with Crippen LogP contribution < -0.4 is 0 Å². The van der Waals surface area contributed by atoms with Crippen molar-refractivity contribution in [3.63, 3.8) is 0 Å². The predicted octanol–water partition coefficient (Wildman–Crippen LogP) is 2.75. The number of aliphatic hydroxyl groups is 1. The minimum atomic E-state index is -1.24. The molecule has 35 heavy (non-hydrogen) atoms. The Morgan fingerprint density at radius 1 is 1.11 bits per heavy atom. The molecule has 0 saturated carbocycles. The maximum absolute atomic E-state index is 13.1. The molecule has 1 fully saturated rings. The second-order valence-electron chi connectivity index (χ2n) is 8.38. The third kappa shape index (κ3) is 4.60. The van der Waals surface area contributed by atoms with Crippen LogP contribution in [0.25, 0.3) is 28.1 Å². The molecule has 4 aromatic rings. The van der Waals surface area contributed by atoms with Gasteiger partial charge in [0.15, 0.2) is 0 Å². The molecule has 2 atom stereocenters. The van der Waals surface area contributed by atoms with Crippen molar-refractivity contribution in [3.8, 4) is 17.2 Å². The number of hydrogen-bond donors (Lipinski definition) is 1. The minimum Gasteiger partial charge on any atom is -0.389 e. The number of rotatable bonds is 5. The summed E-state index contributed by atoms with van der Waals surface area (Å²) in [7, 11) is -1.24. The average Bonchev–Trinajstić information content (AvgIpc) is 3.28. The van der Waals surface area contributed by atoms with Crippen LogP contribution >= 0.6 is 0 Å². The first-order valence-electron chi connectivity index (χ1n) is 11.2. The lowest BCUT2D eigenvalue weighted by molar-refractivity contribution is 0.0303. The molecule has 4 heterocycles. The Balaban J connectivity index is 1.54. The van der Waals surface area contributed by atoms with Crippen molar-refractivity contribution in [1.82, 2.24) is 24.4 Å². The van der Waals surface area contributed by atoms with Gasteiger partial charge in [0.2, 0.25) is 5.95 Å². The molecule has 0 spiro atoms. The van der Waals surface area contributed by atoms with E-state index < -0.39 is 16.9 Å². The van der Waals surface area contributed by atoms with E-state index >= 15 is 0 Å². The van der Waals surface area contributed by atoms with Crippen LogP contribution in [0.4, 0.5) is 0 Å². The number of amides is 1. The molecule has 1 saturated heterocycles. The molecule has 2 unspecified atom stereocenters. The largest absolute Gasteiger partial charge is 0.389 e. The van der Waals surface area contributed by atoms with Crippen LogP contribution in [0.3, 0.4) is 0 Å². The van der Waals surface area contributed by atoms with Crippen LogP contribution in [0.2, 0.25) is 0 Å². The third-order valence-electron chi connectivity index (χ3n) is 6.04. The van der Waals surface area contributed by atoms with E-state index in [1.54, 1.807) is 71.7 Å². The van der Waals surface area contributed by atoms with Gasteiger partial charge in [-0.15, -0.1) is 0 Å². The van der Waals surface area contributed by atoms with Gasteiger partial charge in [-0.05, 0) is 36.8 Å². The molecule has 1 aliphatic heterocycles. The number of fused-ring (bicyclic) bond motifs is 1. The zero-order chi connectivity index (χ0) is 24.5. The quantitative estimate of drug-likeness (QED) is 0.457. The van der Waals surface area contributed by atoms with E-state index in [9.17, 15) is 14.1 Å². The number of morpholine rings is 1. The highest BCUT2D eigenvalue weighted by Crippen LogP contribution is 2.28. The normalized spacial score (nSPS) is 15.8. The highest BCUT2D eigenvalue weighted by molar-refractivity contribution is 7.84. The van der Waals surface area contributed by atoms with Crippen LogP contribution in [0.15, 0.2) is 60.0 Å². The molecule has 1 aromatic carbocycles. The SMILES string of the molecule is CC(O)c1ccnc(-c2cnc(-n3cc(S(C)=O)c4ccc(C(=O)N5CCOCC5)cc43)nc2)c1. The first-order valence-corrected chi connectivity index (χ1v) is 12.8. The summed E-state index contributed by atoms with van der Waals surface area (Å²) in [5, 5.41) is 10.6. The average molecular weight is 492 g/mol. The Labute approximate surface area is 204 Å². The number of benzene rings is 1. The van der Waals surface area contributed by atoms with Crippen molar-refractivity contribution in [2.75, 3.05) is 32.6 Å². The van der Waals surface area contributed by atoms with Gasteiger partial charge in [-0.1, -0.05) is 6.07 Å². The van der Waals surface area contributed by atoms with E-state index in [4.69, 9.17) is 4.74 Å². The summed E-state index contributed by atoms with van der Waals surface area (Å²) in [4.78, 5) is 28.9.